The molecule has 1 heterocycles. The van der Waals surface area contributed by atoms with Crippen molar-refractivity contribution in [3.63, 3.8) is 0 Å². The Kier molecular flexibility index (Phi) is 7.53. The fraction of sp³-hybridized carbons (Fsp3) is 1.00. The van der Waals surface area contributed by atoms with Gasteiger partial charge in [-0.05, 0) is 50.6 Å². The lowest BCUT2D eigenvalue weighted by Crippen LogP contribution is -2.47. The number of nitrogens with zero attached hydrogens (tertiary/aromatic N) is 1. The Morgan fingerprint density at radius 3 is 2.33 bits per heavy atom. The van der Waals surface area contributed by atoms with Crippen LogP contribution >= 0.6 is 0 Å². The van der Waals surface area contributed by atoms with Gasteiger partial charge in [-0.1, -0.05) is 52.4 Å². The van der Waals surface area contributed by atoms with E-state index in [4.69, 9.17) is 0 Å². The largest absolute Gasteiger partial charge is 0.316 e. The highest BCUT2D eigenvalue weighted by Crippen LogP contribution is 2.37. The van der Waals surface area contributed by atoms with Crippen molar-refractivity contribution >= 4 is 0 Å². The Bertz CT molecular complexity index is 269. The zero-order chi connectivity index (χ0) is 15.0. The number of likely N-dealkylation sites (tertiary alicyclic amines) is 1. The molecule has 1 saturated heterocycles. The summed E-state index contributed by atoms with van der Waals surface area (Å²) in [4.78, 5) is 2.88. The molecule has 1 N–H and O–H groups in total. The monoisotopic (exact) mass is 294 g/mol. The molecule has 0 aromatic rings. The standard InChI is InChI=1S/C19H38N2/c1-3-18-12-8-7-11-15-21(18)17-19(16-20-4-2)13-9-5-6-10-14-19/h18,20H,3-17H2,1-2H3. The molecule has 1 saturated carbocycles. The molecule has 124 valence electrons. The van der Waals surface area contributed by atoms with Crippen LogP contribution in [-0.4, -0.2) is 37.1 Å². The van der Waals surface area contributed by atoms with Crippen LogP contribution in [0.25, 0.3) is 0 Å². The fourth-order valence-corrected chi connectivity index (χ4v) is 4.60. The lowest BCUT2D eigenvalue weighted by molar-refractivity contribution is 0.0922. The molecule has 0 bridgehead atoms. The molecule has 1 atom stereocenters. The first-order chi connectivity index (χ1) is 10.3. The molecule has 1 unspecified atom stereocenters. The Balaban J connectivity index is 2.04. The Labute approximate surface area is 133 Å². The zero-order valence-electron chi connectivity index (χ0n) is 14.6. The third-order valence-electron chi connectivity index (χ3n) is 5.92. The molecule has 1 aliphatic heterocycles. The molecule has 2 aliphatic rings. The van der Waals surface area contributed by atoms with Crippen LogP contribution in [0, 0.1) is 5.41 Å². The van der Waals surface area contributed by atoms with Crippen LogP contribution in [0.15, 0.2) is 0 Å². The van der Waals surface area contributed by atoms with Crippen LogP contribution in [0.3, 0.4) is 0 Å². The van der Waals surface area contributed by atoms with Gasteiger partial charge in [-0.15, -0.1) is 0 Å². The molecule has 2 nitrogen and oxygen atoms in total. The minimum atomic E-state index is 0.560. The maximum atomic E-state index is 3.70. The average Bonchev–Trinajstić information content (AvgIpc) is 2.86. The van der Waals surface area contributed by atoms with Crippen LogP contribution in [0.2, 0.25) is 0 Å². The Morgan fingerprint density at radius 1 is 0.952 bits per heavy atom. The Morgan fingerprint density at radius 2 is 1.67 bits per heavy atom. The molecule has 0 amide bonds. The van der Waals surface area contributed by atoms with Gasteiger partial charge >= 0.3 is 0 Å². The van der Waals surface area contributed by atoms with E-state index in [-0.39, 0.29) is 0 Å². The second-order valence-electron chi connectivity index (χ2n) is 7.58. The van der Waals surface area contributed by atoms with Crippen molar-refractivity contribution in [2.75, 3.05) is 26.2 Å². The zero-order valence-corrected chi connectivity index (χ0v) is 14.6. The highest BCUT2D eigenvalue weighted by atomic mass is 15.2. The van der Waals surface area contributed by atoms with Gasteiger partial charge in [0, 0.05) is 19.1 Å². The van der Waals surface area contributed by atoms with Crippen molar-refractivity contribution in [2.45, 2.75) is 90.5 Å². The summed E-state index contributed by atoms with van der Waals surface area (Å²) in [6.07, 6.45) is 15.9. The predicted molar refractivity (Wildman–Crippen MR) is 92.8 cm³/mol. The molecule has 2 rings (SSSR count). The molecule has 2 fully saturated rings. The summed E-state index contributed by atoms with van der Waals surface area (Å²) in [6.45, 7) is 9.73. The summed E-state index contributed by atoms with van der Waals surface area (Å²) in [7, 11) is 0. The molecule has 0 spiro atoms. The predicted octanol–water partition coefficient (Wildman–Crippen LogP) is 4.59. The van der Waals surface area contributed by atoms with E-state index in [0.717, 1.165) is 12.6 Å². The highest BCUT2D eigenvalue weighted by molar-refractivity contribution is 4.89. The average molecular weight is 295 g/mol. The van der Waals surface area contributed by atoms with Gasteiger partial charge < -0.3 is 5.32 Å². The quantitative estimate of drug-likeness (QED) is 0.721. The summed E-state index contributed by atoms with van der Waals surface area (Å²) < 4.78 is 0. The third-order valence-corrected chi connectivity index (χ3v) is 5.92. The topological polar surface area (TPSA) is 15.3 Å². The van der Waals surface area contributed by atoms with Crippen molar-refractivity contribution in [2.24, 2.45) is 5.41 Å². The second-order valence-corrected chi connectivity index (χ2v) is 7.58. The molecular formula is C19H38N2. The highest BCUT2D eigenvalue weighted by Gasteiger charge is 2.34. The van der Waals surface area contributed by atoms with Crippen LogP contribution in [-0.2, 0) is 0 Å². The van der Waals surface area contributed by atoms with Gasteiger partial charge in [-0.2, -0.15) is 0 Å². The summed E-state index contributed by atoms with van der Waals surface area (Å²) in [5.41, 5.74) is 0.560. The maximum absolute atomic E-state index is 3.70. The van der Waals surface area contributed by atoms with Crippen molar-refractivity contribution in [3.05, 3.63) is 0 Å². The number of nitrogens with one attached hydrogen (secondary N) is 1. The van der Waals surface area contributed by atoms with Crippen molar-refractivity contribution in [1.29, 1.82) is 0 Å². The van der Waals surface area contributed by atoms with Crippen LogP contribution in [0.1, 0.15) is 84.5 Å². The normalized spacial score (nSPS) is 28.0. The van der Waals surface area contributed by atoms with Gasteiger partial charge in [0.2, 0.25) is 0 Å². The number of rotatable bonds is 6. The van der Waals surface area contributed by atoms with E-state index in [9.17, 15) is 0 Å². The van der Waals surface area contributed by atoms with E-state index < -0.39 is 0 Å². The molecule has 1 aliphatic carbocycles. The first kappa shape index (κ1) is 17.3. The molecule has 21 heavy (non-hydrogen) atoms. The van der Waals surface area contributed by atoms with Gasteiger partial charge in [0.15, 0.2) is 0 Å². The van der Waals surface area contributed by atoms with Crippen molar-refractivity contribution < 1.29 is 0 Å². The first-order valence-electron chi connectivity index (χ1n) is 9.74. The van der Waals surface area contributed by atoms with E-state index >= 15 is 0 Å². The lowest BCUT2D eigenvalue weighted by Gasteiger charge is -2.41. The van der Waals surface area contributed by atoms with Crippen molar-refractivity contribution in [1.82, 2.24) is 10.2 Å². The molecule has 0 aromatic heterocycles. The van der Waals surface area contributed by atoms with Crippen molar-refractivity contribution in [3.8, 4) is 0 Å². The fourth-order valence-electron chi connectivity index (χ4n) is 4.60. The minimum Gasteiger partial charge on any atom is -0.316 e. The summed E-state index contributed by atoms with van der Waals surface area (Å²) in [5.74, 6) is 0. The summed E-state index contributed by atoms with van der Waals surface area (Å²) in [6, 6.07) is 0.856. The molecule has 0 radical (unpaired) electrons. The SMILES string of the molecule is CCNCC1(CN2CCCCCC2CC)CCCCCC1. The van der Waals surface area contributed by atoms with Gasteiger partial charge in [0.1, 0.15) is 0 Å². The molecular weight excluding hydrogens is 256 g/mol. The lowest BCUT2D eigenvalue weighted by atomic mass is 9.79. The molecule has 0 aromatic carbocycles. The van der Waals surface area contributed by atoms with Crippen LogP contribution < -0.4 is 5.32 Å². The second kappa shape index (κ2) is 9.15. The molecule has 2 heteroatoms. The van der Waals surface area contributed by atoms with Crippen LogP contribution in [0.5, 0.6) is 0 Å². The number of hydrogen-bond donors (Lipinski definition) is 1. The summed E-state index contributed by atoms with van der Waals surface area (Å²) >= 11 is 0. The van der Waals surface area contributed by atoms with E-state index in [1.54, 1.807) is 0 Å². The van der Waals surface area contributed by atoms with Gasteiger partial charge in [-0.25, -0.2) is 0 Å². The third kappa shape index (κ3) is 5.25. The van der Waals surface area contributed by atoms with Gasteiger partial charge in [0.25, 0.3) is 0 Å². The summed E-state index contributed by atoms with van der Waals surface area (Å²) in [5, 5.41) is 3.70. The van der Waals surface area contributed by atoms with Gasteiger partial charge in [0.05, 0.1) is 0 Å². The van der Waals surface area contributed by atoms with E-state index in [1.807, 2.05) is 0 Å². The number of hydrogen-bond acceptors (Lipinski definition) is 2. The first-order valence-corrected chi connectivity index (χ1v) is 9.74. The van der Waals surface area contributed by atoms with E-state index in [2.05, 4.69) is 24.1 Å². The smallest absolute Gasteiger partial charge is 0.00928 e. The Hall–Kier alpha value is -0.0800. The maximum Gasteiger partial charge on any atom is 0.00928 e. The van der Waals surface area contributed by atoms with E-state index in [0.29, 0.717) is 5.41 Å². The van der Waals surface area contributed by atoms with E-state index in [1.165, 1.54) is 90.3 Å². The van der Waals surface area contributed by atoms with Gasteiger partial charge in [-0.3, -0.25) is 4.90 Å². The minimum absolute atomic E-state index is 0.560. The van der Waals surface area contributed by atoms with Crippen LogP contribution in [0.4, 0.5) is 0 Å².